The molecule has 0 bridgehead atoms. The van der Waals surface area contributed by atoms with Crippen LogP contribution in [0.5, 0.6) is 0 Å². The van der Waals surface area contributed by atoms with E-state index in [9.17, 15) is 4.79 Å². The molecule has 0 radical (unpaired) electrons. The van der Waals surface area contributed by atoms with E-state index < -0.39 is 5.56 Å². The summed E-state index contributed by atoms with van der Waals surface area (Å²) in [6.07, 6.45) is 1.49. The van der Waals surface area contributed by atoms with Gasteiger partial charge in [-0.2, -0.15) is 5.10 Å². The van der Waals surface area contributed by atoms with Crippen LogP contribution in [-0.2, 0) is 13.1 Å². The summed E-state index contributed by atoms with van der Waals surface area (Å²) < 4.78 is 1.13. The first kappa shape index (κ1) is 13.6. The summed E-state index contributed by atoms with van der Waals surface area (Å²) in [5, 5.41) is 15.9. The third-order valence-corrected chi connectivity index (χ3v) is 2.99. The van der Waals surface area contributed by atoms with Gasteiger partial charge < -0.3 is 10.4 Å². The Morgan fingerprint density at radius 3 is 2.74 bits per heavy atom. The fraction of sp³-hybridized carbons (Fsp3) is 0.231. The molecule has 2 aromatic rings. The van der Waals surface area contributed by atoms with Gasteiger partial charge >= 0.3 is 0 Å². The van der Waals surface area contributed by atoms with Crippen LogP contribution >= 0.6 is 11.6 Å². The summed E-state index contributed by atoms with van der Waals surface area (Å²) in [4.78, 5) is 11.8. The summed E-state index contributed by atoms with van der Waals surface area (Å²) in [5.74, 6) is 0. The van der Waals surface area contributed by atoms with Crippen molar-refractivity contribution in [2.45, 2.75) is 13.1 Å². The van der Waals surface area contributed by atoms with E-state index >= 15 is 0 Å². The largest absolute Gasteiger partial charge is 0.394 e. The number of nitrogens with one attached hydrogen (secondary N) is 1. The Labute approximate surface area is 115 Å². The van der Waals surface area contributed by atoms with Crippen molar-refractivity contribution in [3.05, 3.63) is 57.5 Å². The monoisotopic (exact) mass is 279 g/mol. The van der Waals surface area contributed by atoms with E-state index in [0.717, 1.165) is 10.2 Å². The zero-order valence-corrected chi connectivity index (χ0v) is 11.0. The van der Waals surface area contributed by atoms with Crippen LogP contribution in [0.4, 0.5) is 5.69 Å². The van der Waals surface area contributed by atoms with Crippen molar-refractivity contribution < 1.29 is 5.11 Å². The molecular weight excluding hydrogens is 266 g/mol. The molecule has 19 heavy (non-hydrogen) atoms. The third-order valence-electron chi connectivity index (χ3n) is 2.62. The van der Waals surface area contributed by atoms with E-state index in [-0.39, 0.29) is 18.2 Å². The normalized spacial score (nSPS) is 10.4. The van der Waals surface area contributed by atoms with Gasteiger partial charge in [0.05, 0.1) is 25.0 Å². The molecule has 1 heterocycles. The first-order valence-corrected chi connectivity index (χ1v) is 6.24. The molecule has 100 valence electrons. The highest BCUT2D eigenvalue weighted by atomic mass is 35.5. The number of aromatic nitrogens is 2. The van der Waals surface area contributed by atoms with Crippen molar-refractivity contribution in [3.8, 4) is 0 Å². The number of hydrogen-bond donors (Lipinski definition) is 2. The van der Waals surface area contributed by atoms with E-state index in [1.54, 1.807) is 0 Å². The average molecular weight is 280 g/mol. The molecule has 0 aliphatic rings. The molecule has 0 amide bonds. The van der Waals surface area contributed by atoms with Crippen LogP contribution in [0.15, 0.2) is 41.3 Å². The molecule has 2 rings (SSSR count). The fourth-order valence-electron chi connectivity index (χ4n) is 1.64. The standard InChI is InChI=1S/C13H14ClN3O2/c14-12-11(9-16-17(6-7-18)13(12)19)15-8-10-4-2-1-3-5-10/h1-5,9,15,18H,6-8H2. The van der Waals surface area contributed by atoms with Crippen molar-refractivity contribution in [1.29, 1.82) is 0 Å². The first-order chi connectivity index (χ1) is 9.22. The van der Waals surface area contributed by atoms with Crippen LogP contribution in [0.3, 0.4) is 0 Å². The number of anilines is 1. The predicted octanol–water partition coefficient (Wildman–Crippen LogP) is 1.50. The first-order valence-electron chi connectivity index (χ1n) is 5.86. The maximum absolute atomic E-state index is 11.8. The summed E-state index contributed by atoms with van der Waals surface area (Å²) in [7, 11) is 0. The molecule has 0 aliphatic carbocycles. The summed E-state index contributed by atoms with van der Waals surface area (Å²) in [6.45, 7) is 0.545. The quantitative estimate of drug-likeness (QED) is 0.870. The van der Waals surface area contributed by atoms with Gasteiger partial charge in [0.2, 0.25) is 0 Å². The minimum absolute atomic E-state index is 0.0828. The van der Waals surface area contributed by atoms with E-state index in [0.29, 0.717) is 12.2 Å². The fourth-order valence-corrected chi connectivity index (χ4v) is 1.85. The SMILES string of the molecule is O=c1c(Cl)c(NCc2ccccc2)cnn1CCO. The predicted molar refractivity (Wildman–Crippen MR) is 74.4 cm³/mol. The molecule has 0 spiro atoms. The molecule has 0 saturated carbocycles. The lowest BCUT2D eigenvalue weighted by atomic mass is 10.2. The second-order valence-corrected chi connectivity index (χ2v) is 4.34. The molecule has 5 nitrogen and oxygen atoms in total. The Balaban J connectivity index is 2.13. The molecule has 0 aliphatic heterocycles. The molecule has 2 N–H and O–H groups in total. The summed E-state index contributed by atoms with van der Waals surface area (Å²) in [6, 6.07) is 9.77. The van der Waals surface area contributed by atoms with E-state index in [1.165, 1.54) is 6.20 Å². The van der Waals surface area contributed by atoms with Crippen LogP contribution in [0.25, 0.3) is 0 Å². The lowest BCUT2D eigenvalue weighted by Gasteiger charge is -2.09. The van der Waals surface area contributed by atoms with E-state index in [4.69, 9.17) is 16.7 Å². The number of halogens is 1. The van der Waals surface area contributed by atoms with Gasteiger partial charge in [0.1, 0.15) is 5.02 Å². The van der Waals surface area contributed by atoms with Crippen molar-refractivity contribution in [2.24, 2.45) is 0 Å². The van der Waals surface area contributed by atoms with Crippen molar-refractivity contribution in [1.82, 2.24) is 9.78 Å². The van der Waals surface area contributed by atoms with Crippen LogP contribution in [0.1, 0.15) is 5.56 Å². The minimum Gasteiger partial charge on any atom is -0.394 e. The Kier molecular flexibility index (Phi) is 4.54. The van der Waals surface area contributed by atoms with Crippen molar-refractivity contribution in [2.75, 3.05) is 11.9 Å². The molecular formula is C13H14ClN3O2. The third kappa shape index (κ3) is 3.33. The molecule has 0 atom stereocenters. The molecule has 1 aromatic heterocycles. The summed E-state index contributed by atoms with van der Waals surface area (Å²) in [5.41, 5.74) is 1.16. The molecule has 0 unspecified atom stereocenters. The zero-order chi connectivity index (χ0) is 13.7. The topological polar surface area (TPSA) is 67.2 Å². The Morgan fingerprint density at radius 1 is 1.32 bits per heavy atom. The van der Waals surface area contributed by atoms with Crippen molar-refractivity contribution in [3.63, 3.8) is 0 Å². The van der Waals surface area contributed by atoms with Crippen molar-refractivity contribution >= 4 is 17.3 Å². The number of benzene rings is 1. The Bertz CT molecular complexity index is 599. The van der Waals surface area contributed by atoms with Crippen LogP contribution in [0.2, 0.25) is 5.02 Å². The lowest BCUT2D eigenvalue weighted by Crippen LogP contribution is -2.25. The molecule has 6 heteroatoms. The number of aliphatic hydroxyl groups excluding tert-OH is 1. The van der Waals surface area contributed by atoms with Gasteiger partial charge in [-0.05, 0) is 5.56 Å². The van der Waals surface area contributed by atoms with Gasteiger partial charge in [-0.3, -0.25) is 4.79 Å². The van der Waals surface area contributed by atoms with Crippen LogP contribution < -0.4 is 10.9 Å². The zero-order valence-electron chi connectivity index (χ0n) is 10.2. The van der Waals surface area contributed by atoms with Gasteiger partial charge in [0.15, 0.2) is 0 Å². The van der Waals surface area contributed by atoms with Gasteiger partial charge in [-0.25, -0.2) is 4.68 Å². The van der Waals surface area contributed by atoms with E-state index in [2.05, 4.69) is 10.4 Å². The number of rotatable bonds is 5. The number of nitrogens with zero attached hydrogens (tertiary/aromatic N) is 2. The number of aliphatic hydroxyl groups is 1. The van der Waals surface area contributed by atoms with E-state index in [1.807, 2.05) is 30.3 Å². The lowest BCUT2D eigenvalue weighted by molar-refractivity contribution is 0.266. The van der Waals surface area contributed by atoms with Gasteiger partial charge in [0.25, 0.3) is 5.56 Å². The smallest absolute Gasteiger partial charge is 0.287 e. The maximum atomic E-state index is 11.8. The second-order valence-electron chi connectivity index (χ2n) is 3.96. The minimum atomic E-state index is -0.409. The second kappa shape index (κ2) is 6.36. The highest BCUT2D eigenvalue weighted by molar-refractivity contribution is 6.32. The van der Waals surface area contributed by atoms with Gasteiger partial charge in [-0.1, -0.05) is 41.9 Å². The van der Waals surface area contributed by atoms with Gasteiger partial charge in [0, 0.05) is 6.54 Å². The molecule has 0 saturated heterocycles. The average Bonchev–Trinajstić information content (AvgIpc) is 2.44. The van der Waals surface area contributed by atoms with Crippen LogP contribution in [0, 0.1) is 0 Å². The molecule has 0 fully saturated rings. The Hall–Kier alpha value is -1.85. The maximum Gasteiger partial charge on any atom is 0.287 e. The Morgan fingerprint density at radius 2 is 2.05 bits per heavy atom. The highest BCUT2D eigenvalue weighted by Gasteiger charge is 2.08. The molecule has 1 aromatic carbocycles. The number of hydrogen-bond acceptors (Lipinski definition) is 4. The van der Waals surface area contributed by atoms with Crippen LogP contribution in [-0.4, -0.2) is 21.5 Å². The summed E-state index contributed by atoms with van der Waals surface area (Å²) >= 11 is 5.98. The highest BCUT2D eigenvalue weighted by Crippen LogP contribution is 2.16. The van der Waals surface area contributed by atoms with Gasteiger partial charge in [-0.15, -0.1) is 0 Å².